The summed E-state index contributed by atoms with van der Waals surface area (Å²) in [5, 5.41) is 13.7. The molecule has 2 aromatic carbocycles. The zero-order valence-electron chi connectivity index (χ0n) is 19.8. The number of thiophene rings is 1. The zero-order chi connectivity index (χ0) is 25.4. The van der Waals surface area contributed by atoms with Gasteiger partial charge < -0.3 is 15.2 Å². The summed E-state index contributed by atoms with van der Waals surface area (Å²) < 4.78 is 32.4. The average molecular weight is 556 g/mol. The molecule has 0 unspecified atom stereocenters. The van der Waals surface area contributed by atoms with Crippen molar-refractivity contribution >= 4 is 60.6 Å². The van der Waals surface area contributed by atoms with Crippen molar-refractivity contribution in [1.29, 1.82) is 0 Å². The summed E-state index contributed by atoms with van der Waals surface area (Å²) >= 11 is 9.12. The lowest BCUT2D eigenvalue weighted by Crippen LogP contribution is -2.18. The van der Waals surface area contributed by atoms with Gasteiger partial charge in [0.1, 0.15) is 9.96 Å². The lowest BCUT2D eigenvalue weighted by molar-refractivity contribution is -0.139. The first-order valence-electron chi connectivity index (χ1n) is 11.4. The third-order valence-corrected chi connectivity index (χ3v) is 10.5. The van der Waals surface area contributed by atoms with Crippen molar-refractivity contribution in [2.75, 3.05) is 31.2 Å². The highest BCUT2D eigenvalue weighted by molar-refractivity contribution is 7.99. The van der Waals surface area contributed by atoms with Crippen molar-refractivity contribution in [2.45, 2.75) is 42.2 Å². The quantitative estimate of drug-likeness (QED) is 0.187. The molecule has 0 atom stereocenters. The predicted octanol–water partition coefficient (Wildman–Crippen LogP) is 5.96. The topological polar surface area (TPSA) is 92.7 Å². The number of ether oxygens (including phenoxy) is 1. The van der Waals surface area contributed by atoms with Gasteiger partial charge in [0.15, 0.2) is 16.4 Å². The van der Waals surface area contributed by atoms with Crippen molar-refractivity contribution in [3.63, 3.8) is 0 Å². The van der Waals surface area contributed by atoms with E-state index in [0.29, 0.717) is 21.4 Å². The minimum absolute atomic E-state index is 0.162. The maximum Gasteiger partial charge on any atom is 0.341 e. The van der Waals surface area contributed by atoms with Gasteiger partial charge in [0.05, 0.1) is 5.75 Å². The SMILES string of the molecule is Cc1cc(SCCNCCCCCS(=O)(=O)c2sc3ccc(Cl)cc3c2C)ccc1OCC(=O)O. The lowest BCUT2D eigenvalue weighted by Gasteiger charge is -2.09. The molecule has 0 aliphatic rings. The molecular weight excluding hydrogens is 526 g/mol. The fraction of sp³-hybridized carbons (Fsp3) is 0.400. The van der Waals surface area contributed by atoms with Crippen LogP contribution in [0.1, 0.15) is 30.4 Å². The molecule has 0 fully saturated rings. The number of benzene rings is 2. The van der Waals surface area contributed by atoms with Crippen LogP contribution in [0.4, 0.5) is 0 Å². The highest BCUT2D eigenvalue weighted by atomic mass is 35.5. The molecule has 0 saturated heterocycles. The Morgan fingerprint density at radius 2 is 1.91 bits per heavy atom. The van der Waals surface area contributed by atoms with Crippen LogP contribution in [-0.2, 0) is 14.6 Å². The van der Waals surface area contributed by atoms with Crippen molar-refractivity contribution in [2.24, 2.45) is 0 Å². The molecule has 0 aliphatic heterocycles. The summed E-state index contributed by atoms with van der Waals surface area (Å²) in [6, 6.07) is 11.2. The Labute approximate surface area is 219 Å². The van der Waals surface area contributed by atoms with E-state index >= 15 is 0 Å². The first kappa shape index (κ1) is 27.8. The van der Waals surface area contributed by atoms with Gasteiger partial charge in [-0.1, -0.05) is 18.0 Å². The van der Waals surface area contributed by atoms with Gasteiger partial charge >= 0.3 is 5.97 Å². The maximum absolute atomic E-state index is 12.9. The fourth-order valence-corrected chi connectivity index (χ4v) is 8.03. The summed E-state index contributed by atoms with van der Waals surface area (Å²) in [6.45, 7) is 5.11. The van der Waals surface area contributed by atoms with Crippen LogP contribution >= 0.6 is 34.7 Å². The van der Waals surface area contributed by atoms with Crippen molar-refractivity contribution in [3.05, 3.63) is 52.5 Å². The normalized spacial score (nSPS) is 11.7. The molecule has 35 heavy (non-hydrogen) atoms. The highest BCUT2D eigenvalue weighted by Gasteiger charge is 2.21. The van der Waals surface area contributed by atoms with Gasteiger partial charge in [-0.15, -0.1) is 23.1 Å². The summed E-state index contributed by atoms with van der Waals surface area (Å²) in [5.74, 6) is 0.658. The molecule has 3 aromatic rings. The minimum atomic E-state index is -3.30. The van der Waals surface area contributed by atoms with E-state index in [1.807, 2.05) is 38.1 Å². The van der Waals surface area contributed by atoms with Gasteiger partial charge in [0.2, 0.25) is 0 Å². The van der Waals surface area contributed by atoms with Crippen LogP contribution in [0.2, 0.25) is 5.02 Å². The lowest BCUT2D eigenvalue weighted by atomic mass is 10.2. The number of rotatable bonds is 14. The largest absolute Gasteiger partial charge is 0.482 e. The second-order valence-electron chi connectivity index (χ2n) is 8.24. The molecule has 0 spiro atoms. The highest BCUT2D eigenvalue weighted by Crippen LogP contribution is 2.36. The number of hydrogen-bond donors (Lipinski definition) is 2. The van der Waals surface area contributed by atoms with Crippen LogP contribution in [0.5, 0.6) is 5.75 Å². The molecule has 6 nitrogen and oxygen atoms in total. The smallest absolute Gasteiger partial charge is 0.341 e. The number of hydrogen-bond acceptors (Lipinski definition) is 7. The monoisotopic (exact) mass is 555 g/mol. The molecule has 0 bridgehead atoms. The van der Waals surface area contributed by atoms with Gasteiger partial charge in [0.25, 0.3) is 0 Å². The van der Waals surface area contributed by atoms with Crippen LogP contribution in [-0.4, -0.2) is 50.7 Å². The number of fused-ring (bicyclic) bond motifs is 1. The molecule has 2 N–H and O–H groups in total. The van der Waals surface area contributed by atoms with Crippen molar-refractivity contribution in [1.82, 2.24) is 5.32 Å². The van der Waals surface area contributed by atoms with E-state index in [1.54, 1.807) is 23.9 Å². The summed E-state index contributed by atoms with van der Waals surface area (Å²) in [6.07, 6.45) is 2.42. The molecule has 190 valence electrons. The Balaban J connectivity index is 1.32. The van der Waals surface area contributed by atoms with Crippen LogP contribution in [0.3, 0.4) is 0 Å². The second kappa shape index (κ2) is 13.0. The molecule has 0 radical (unpaired) electrons. The van der Waals surface area contributed by atoms with E-state index in [4.69, 9.17) is 21.4 Å². The number of aliphatic carboxylic acids is 1. The van der Waals surface area contributed by atoms with E-state index in [9.17, 15) is 13.2 Å². The molecule has 0 aliphatic carbocycles. The Kier molecular flexibility index (Phi) is 10.3. The summed E-state index contributed by atoms with van der Waals surface area (Å²) in [7, 11) is -3.30. The van der Waals surface area contributed by atoms with E-state index in [0.717, 1.165) is 57.8 Å². The Hall–Kier alpha value is -1.78. The number of aryl methyl sites for hydroxylation is 2. The van der Waals surface area contributed by atoms with Gasteiger partial charge in [-0.05, 0) is 86.1 Å². The number of carboxylic acids is 1. The van der Waals surface area contributed by atoms with Crippen LogP contribution < -0.4 is 10.1 Å². The van der Waals surface area contributed by atoms with Crippen LogP contribution in [0.25, 0.3) is 10.1 Å². The van der Waals surface area contributed by atoms with E-state index in [1.165, 1.54) is 11.3 Å². The number of carbonyl (C=O) groups is 1. The molecule has 10 heteroatoms. The first-order chi connectivity index (χ1) is 16.7. The van der Waals surface area contributed by atoms with Crippen LogP contribution in [0.15, 0.2) is 45.5 Å². The molecule has 1 heterocycles. The Morgan fingerprint density at radius 1 is 1.11 bits per heavy atom. The first-order valence-corrected chi connectivity index (χ1v) is 15.2. The number of halogens is 1. The number of carboxylic acid groups (broad SMARTS) is 1. The molecule has 1 aromatic heterocycles. The zero-order valence-corrected chi connectivity index (χ0v) is 23.0. The summed E-state index contributed by atoms with van der Waals surface area (Å²) in [4.78, 5) is 11.7. The Bertz CT molecular complexity index is 1270. The minimum Gasteiger partial charge on any atom is -0.482 e. The number of sulfone groups is 1. The van der Waals surface area contributed by atoms with Crippen molar-refractivity contribution in [3.8, 4) is 5.75 Å². The Morgan fingerprint density at radius 3 is 2.66 bits per heavy atom. The second-order valence-corrected chi connectivity index (χ2v) is 13.2. The van der Waals surface area contributed by atoms with E-state index in [-0.39, 0.29) is 12.4 Å². The van der Waals surface area contributed by atoms with Crippen molar-refractivity contribution < 1.29 is 23.1 Å². The number of unbranched alkanes of at least 4 members (excludes halogenated alkanes) is 2. The number of thioether (sulfide) groups is 1. The van der Waals surface area contributed by atoms with Gasteiger partial charge in [-0.2, -0.15) is 0 Å². The van der Waals surface area contributed by atoms with Gasteiger partial charge in [0, 0.05) is 26.9 Å². The fourth-order valence-electron chi connectivity index (χ4n) is 3.66. The molecule has 0 amide bonds. The maximum atomic E-state index is 12.9. The number of nitrogens with one attached hydrogen (secondary N) is 1. The van der Waals surface area contributed by atoms with E-state index in [2.05, 4.69) is 5.32 Å². The third-order valence-electron chi connectivity index (χ3n) is 5.45. The predicted molar refractivity (Wildman–Crippen MR) is 145 cm³/mol. The van der Waals surface area contributed by atoms with E-state index < -0.39 is 15.8 Å². The average Bonchev–Trinajstić information content (AvgIpc) is 3.14. The van der Waals surface area contributed by atoms with Gasteiger partial charge in [-0.3, -0.25) is 0 Å². The van der Waals surface area contributed by atoms with Crippen LogP contribution in [0, 0.1) is 13.8 Å². The standard InChI is InChI=1S/C25H30ClNO5S3/c1-17-14-20(7-8-22(17)32-16-24(28)29)33-12-11-27-10-4-3-5-13-35(30,31)25-18(2)21-15-19(26)6-9-23(21)34-25/h6-9,14-15,27H,3-5,10-13,16H2,1-2H3,(H,28,29). The molecule has 0 saturated carbocycles. The third kappa shape index (κ3) is 8.11. The summed E-state index contributed by atoms with van der Waals surface area (Å²) in [5.41, 5.74) is 1.71. The molecule has 3 rings (SSSR count). The van der Waals surface area contributed by atoms with Gasteiger partial charge in [-0.25, -0.2) is 13.2 Å². The molecular formula is C25H30ClNO5S3.